The molecule has 0 aliphatic rings. The van der Waals surface area contributed by atoms with Gasteiger partial charge < -0.3 is 9.84 Å². The van der Waals surface area contributed by atoms with Gasteiger partial charge in [-0.25, -0.2) is 8.78 Å². The summed E-state index contributed by atoms with van der Waals surface area (Å²) >= 11 is 0. The normalized spacial score (nSPS) is 10.3. The van der Waals surface area contributed by atoms with Crippen LogP contribution in [0.4, 0.5) is 8.78 Å². The Morgan fingerprint density at radius 1 is 1.10 bits per heavy atom. The first-order chi connectivity index (χ1) is 9.60. The Bertz CT molecular complexity index is 626. The lowest BCUT2D eigenvalue weighted by Gasteiger charge is -2.07. The van der Waals surface area contributed by atoms with Crippen LogP contribution in [0.15, 0.2) is 42.5 Å². The van der Waals surface area contributed by atoms with Crippen LogP contribution >= 0.6 is 0 Å². The number of carbonyl (C=O) groups is 1. The maximum absolute atomic E-state index is 13.0. The molecule has 2 rings (SSSR count). The van der Waals surface area contributed by atoms with E-state index in [9.17, 15) is 13.6 Å². The van der Waals surface area contributed by atoms with E-state index in [1.165, 1.54) is 6.07 Å². The van der Waals surface area contributed by atoms with Gasteiger partial charge in [0.1, 0.15) is 5.75 Å². The summed E-state index contributed by atoms with van der Waals surface area (Å²) in [5.74, 6) is -2.11. The van der Waals surface area contributed by atoms with Crippen LogP contribution in [0.3, 0.4) is 0 Å². The molecule has 0 saturated carbocycles. The van der Waals surface area contributed by atoms with Gasteiger partial charge in [-0.1, -0.05) is 12.1 Å². The Morgan fingerprint density at radius 3 is 2.60 bits per heavy atom. The molecule has 0 aliphatic carbocycles. The second-order valence-electron chi connectivity index (χ2n) is 4.15. The van der Waals surface area contributed by atoms with Crippen LogP contribution in [0.25, 0.3) is 0 Å². The highest BCUT2D eigenvalue weighted by molar-refractivity contribution is 5.97. The Balaban J connectivity index is 2.02. The molecule has 3 nitrogen and oxygen atoms in total. The average molecular weight is 278 g/mol. The van der Waals surface area contributed by atoms with Crippen LogP contribution in [-0.2, 0) is 6.61 Å². The molecule has 0 amide bonds. The number of aliphatic hydroxyl groups excluding tert-OH is 1. The number of rotatable bonds is 5. The highest BCUT2D eigenvalue weighted by atomic mass is 19.2. The van der Waals surface area contributed by atoms with Gasteiger partial charge >= 0.3 is 0 Å². The van der Waals surface area contributed by atoms with Crippen LogP contribution in [0, 0.1) is 11.6 Å². The van der Waals surface area contributed by atoms with Gasteiger partial charge in [-0.05, 0) is 35.9 Å². The minimum absolute atomic E-state index is 0.0437. The van der Waals surface area contributed by atoms with E-state index in [1.807, 2.05) is 0 Å². The Morgan fingerprint density at radius 2 is 1.90 bits per heavy atom. The number of carbonyl (C=O) groups excluding carboxylic acids is 1. The zero-order valence-electron chi connectivity index (χ0n) is 10.5. The van der Waals surface area contributed by atoms with Crippen molar-refractivity contribution in [2.75, 3.05) is 6.61 Å². The molecule has 0 saturated heterocycles. The van der Waals surface area contributed by atoms with Crippen molar-refractivity contribution in [2.45, 2.75) is 6.61 Å². The third-order valence-electron chi connectivity index (χ3n) is 2.69. The quantitative estimate of drug-likeness (QED) is 0.855. The van der Waals surface area contributed by atoms with Gasteiger partial charge in [0.05, 0.1) is 6.61 Å². The first-order valence-electron chi connectivity index (χ1n) is 5.91. The maximum Gasteiger partial charge on any atom is 0.200 e. The van der Waals surface area contributed by atoms with E-state index >= 15 is 0 Å². The van der Waals surface area contributed by atoms with Gasteiger partial charge in [0.2, 0.25) is 0 Å². The molecular weight excluding hydrogens is 266 g/mol. The Hall–Kier alpha value is -2.27. The molecule has 0 radical (unpaired) electrons. The minimum Gasteiger partial charge on any atom is -0.485 e. The smallest absolute Gasteiger partial charge is 0.200 e. The molecule has 0 spiro atoms. The molecule has 1 N–H and O–H groups in total. The number of ketones is 1. The molecule has 2 aromatic carbocycles. The van der Waals surface area contributed by atoms with Gasteiger partial charge in [0, 0.05) is 5.56 Å². The fourth-order valence-corrected chi connectivity index (χ4v) is 1.64. The first-order valence-corrected chi connectivity index (χ1v) is 5.91. The van der Waals surface area contributed by atoms with Gasteiger partial charge in [-0.3, -0.25) is 4.79 Å². The summed E-state index contributed by atoms with van der Waals surface area (Å²) in [7, 11) is 0. The molecular formula is C15H12F2O3. The predicted octanol–water partition coefficient (Wildman–Crippen LogP) is 2.72. The number of ether oxygens (including phenoxy) is 1. The van der Waals surface area contributed by atoms with Crippen molar-refractivity contribution in [3.8, 4) is 5.75 Å². The second kappa shape index (κ2) is 6.25. The molecule has 0 aromatic heterocycles. The molecule has 2 aromatic rings. The second-order valence-corrected chi connectivity index (χ2v) is 4.15. The lowest BCUT2D eigenvalue weighted by Crippen LogP contribution is -2.12. The topological polar surface area (TPSA) is 46.5 Å². The van der Waals surface area contributed by atoms with Crippen molar-refractivity contribution in [1.82, 2.24) is 0 Å². The van der Waals surface area contributed by atoms with Crippen LogP contribution in [-0.4, -0.2) is 17.5 Å². The molecule has 0 heterocycles. The van der Waals surface area contributed by atoms with Crippen molar-refractivity contribution in [1.29, 1.82) is 0 Å². The number of aliphatic hydroxyl groups is 1. The summed E-state index contributed by atoms with van der Waals surface area (Å²) < 4.78 is 31.0. The third kappa shape index (κ3) is 3.39. The lowest BCUT2D eigenvalue weighted by atomic mass is 10.1. The van der Waals surface area contributed by atoms with Crippen molar-refractivity contribution < 1.29 is 23.4 Å². The van der Waals surface area contributed by atoms with Gasteiger partial charge in [-0.2, -0.15) is 0 Å². The van der Waals surface area contributed by atoms with E-state index in [1.54, 1.807) is 24.3 Å². The zero-order chi connectivity index (χ0) is 14.5. The SMILES string of the molecule is O=C(COc1cccc(CO)c1)c1ccc(F)c(F)c1. The van der Waals surface area contributed by atoms with Crippen molar-refractivity contribution >= 4 is 5.78 Å². The Kier molecular flexibility index (Phi) is 4.42. The standard InChI is InChI=1S/C15H12F2O3/c16-13-5-4-11(7-14(13)17)15(19)9-20-12-3-1-2-10(6-12)8-18/h1-7,18H,8-9H2. The van der Waals surface area contributed by atoms with Gasteiger partial charge in [0.15, 0.2) is 24.0 Å². The van der Waals surface area contributed by atoms with E-state index in [4.69, 9.17) is 9.84 Å². The molecule has 0 fully saturated rings. The fraction of sp³-hybridized carbons (Fsp3) is 0.133. The zero-order valence-corrected chi connectivity index (χ0v) is 10.5. The predicted molar refractivity (Wildman–Crippen MR) is 68.5 cm³/mol. The summed E-state index contributed by atoms with van der Waals surface area (Å²) in [4.78, 5) is 11.8. The summed E-state index contributed by atoms with van der Waals surface area (Å²) in [6.45, 7) is -0.422. The van der Waals surface area contributed by atoms with E-state index in [-0.39, 0.29) is 18.8 Å². The molecule has 0 bridgehead atoms. The molecule has 0 atom stereocenters. The lowest BCUT2D eigenvalue weighted by molar-refractivity contribution is 0.0921. The number of hydrogen-bond acceptors (Lipinski definition) is 3. The first kappa shape index (κ1) is 14.1. The Labute approximate surface area is 114 Å². The molecule has 0 aliphatic heterocycles. The fourth-order valence-electron chi connectivity index (χ4n) is 1.64. The minimum atomic E-state index is -1.07. The van der Waals surface area contributed by atoms with E-state index in [0.29, 0.717) is 11.3 Å². The van der Waals surface area contributed by atoms with Gasteiger partial charge in [0.25, 0.3) is 0 Å². The van der Waals surface area contributed by atoms with Crippen molar-refractivity contribution in [3.63, 3.8) is 0 Å². The van der Waals surface area contributed by atoms with Crippen molar-refractivity contribution in [2.24, 2.45) is 0 Å². The summed E-state index contributed by atoms with van der Waals surface area (Å²) in [6, 6.07) is 9.57. The number of benzene rings is 2. The van der Waals surface area contributed by atoms with Crippen LogP contribution < -0.4 is 4.74 Å². The highest BCUT2D eigenvalue weighted by Crippen LogP contribution is 2.14. The van der Waals surface area contributed by atoms with E-state index in [0.717, 1.165) is 12.1 Å². The van der Waals surface area contributed by atoms with Gasteiger partial charge in [-0.15, -0.1) is 0 Å². The molecule has 20 heavy (non-hydrogen) atoms. The third-order valence-corrected chi connectivity index (χ3v) is 2.69. The van der Waals surface area contributed by atoms with Crippen molar-refractivity contribution in [3.05, 3.63) is 65.2 Å². The largest absolute Gasteiger partial charge is 0.485 e. The van der Waals surface area contributed by atoms with E-state index < -0.39 is 17.4 Å². The maximum atomic E-state index is 13.0. The number of halogens is 2. The monoisotopic (exact) mass is 278 g/mol. The van der Waals surface area contributed by atoms with Crippen LogP contribution in [0.1, 0.15) is 15.9 Å². The summed E-state index contributed by atoms with van der Waals surface area (Å²) in [5.41, 5.74) is 0.699. The van der Waals surface area contributed by atoms with Crippen LogP contribution in [0.5, 0.6) is 5.75 Å². The molecule has 0 unspecified atom stereocenters. The summed E-state index contributed by atoms with van der Waals surface area (Å²) in [5, 5.41) is 8.97. The molecule has 104 valence electrons. The van der Waals surface area contributed by atoms with Crippen LogP contribution in [0.2, 0.25) is 0 Å². The average Bonchev–Trinajstić information content (AvgIpc) is 2.47. The summed E-state index contributed by atoms with van der Waals surface area (Å²) in [6.07, 6.45) is 0. The number of Topliss-reactive ketones (excluding diaryl/α,β-unsaturated/α-hetero) is 1. The number of hydrogen-bond donors (Lipinski definition) is 1. The van der Waals surface area contributed by atoms with E-state index in [2.05, 4.69) is 0 Å². The molecule has 5 heteroatoms. The highest BCUT2D eigenvalue weighted by Gasteiger charge is 2.10.